The molecule has 2 unspecified atom stereocenters. The minimum Gasteiger partial charge on any atom is -0.480 e. The maximum atomic E-state index is 12.8. The molecule has 0 saturated heterocycles. The van der Waals surface area contributed by atoms with Crippen LogP contribution in [0.3, 0.4) is 0 Å². The predicted octanol–water partition coefficient (Wildman–Crippen LogP) is 3.27. The van der Waals surface area contributed by atoms with Crippen LogP contribution < -0.4 is 5.32 Å². The standard InChI is InChI=1S/C14H18FNO2/c1-2-10-7-8-14(9-10,13(17)18)16-12-5-3-11(15)4-6-12/h3-6,10,16H,2,7-9H2,1H3,(H,17,18). The molecular weight excluding hydrogens is 233 g/mol. The Morgan fingerprint density at radius 2 is 2.17 bits per heavy atom. The number of hydrogen-bond acceptors (Lipinski definition) is 2. The van der Waals surface area contributed by atoms with Crippen LogP contribution in [-0.2, 0) is 4.79 Å². The molecule has 0 aliphatic heterocycles. The summed E-state index contributed by atoms with van der Waals surface area (Å²) in [5.74, 6) is -0.681. The highest BCUT2D eigenvalue weighted by Gasteiger charge is 2.44. The van der Waals surface area contributed by atoms with Gasteiger partial charge in [-0.1, -0.05) is 13.3 Å². The number of carboxylic acid groups (broad SMARTS) is 1. The zero-order chi connectivity index (χ0) is 13.2. The molecule has 2 atom stereocenters. The van der Waals surface area contributed by atoms with Gasteiger partial charge < -0.3 is 10.4 Å². The van der Waals surface area contributed by atoms with Gasteiger partial charge in [-0.3, -0.25) is 0 Å². The van der Waals surface area contributed by atoms with Crippen molar-refractivity contribution in [1.29, 1.82) is 0 Å². The van der Waals surface area contributed by atoms with Gasteiger partial charge in [-0.25, -0.2) is 9.18 Å². The fourth-order valence-corrected chi connectivity index (χ4v) is 2.67. The number of rotatable bonds is 4. The van der Waals surface area contributed by atoms with Gasteiger partial charge >= 0.3 is 5.97 Å². The van der Waals surface area contributed by atoms with Gasteiger partial charge in [0.05, 0.1) is 0 Å². The summed E-state index contributed by atoms with van der Waals surface area (Å²) >= 11 is 0. The van der Waals surface area contributed by atoms with Crippen LogP contribution in [0.5, 0.6) is 0 Å². The van der Waals surface area contributed by atoms with E-state index in [0.29, 0.717) is 24.4 Å². The van der Waals surface area contributed by atoms with E-state index in [9.17, 15) is 14.3 Å². The van der Waals surface area contributed by atoms with E-state index in [1.54, 1.807) is 12.1 Å². The van der Waals surface area contributed by atoms with Crippen LogP contribution in [0.2, 0.25) is 0 Å². The molecule has 0 bridgehead atoms. The number of nitrogens with one attached hydrogen (secondary N) is 1. The van der Waals surface area contributed by atoms with Crippen molar-refractivity contribution in [3.63, 3.8) is 0 Å². The fourth-order valence-electron chi connectivity index (χ4n) is 2.67. The third kappa shape index (κ3) is 2.47. The average molecular weight is 251 g/mol. The highest BCUT2D eigenvalue weighted by molar-refractivity contribution is 5.83. The van der Waals surface area contributed by atoms with Crippen LogP contribution in [0.25, 0.3) is 0 Å². The van der Waals surface area contributed by atoms with Gasteiger partial charge in [0.1, 0.15) is 11.4 Å². The van der Waals surface area contributed by atoms with Gasteiger partial charge in [0, 0.05) is 5.69 Å². The first-order valence-electron chi connectivity index (χ1n) is 6.33. The average Bonchev–Trinajstić information content (AvgIpc) is 2.77. The quantitative estimate of drug-likeness (QED) is 0.863. The molecule has 0 spiro atoms. The van der Waals surface area contributed by atoms with E-state index in [1.165, 1.54) is 12.1 Å². The fraction of sp³-hybridized carbons (Fsp3) is 0.500. The lowest BCUT2D eigenvalue weighted by Gasteiger charge is -2.27. The molecule has 0 amide bonds. The van der Waals surface area contributed by atoms with E-state index in [2.05, 4.69) is 12.2 Å². The molecule has 0 heterocycles. The Hall–Kier alpha value is -1.58. The van der Waals surface area contributed by atoms with E-state index in [1.807, 2.05) is 0 Å². The Morgan fingerprint density at radius 1 is 1.50 bits per heavy atom. The second-order valence-corrected chi connectivity index (χ2v) is 5.04. The highest BCUT2D eigenvalue weighted by Crippen LogP contribution is 2.39. The molecule has 98 valence electrons. The Morgan fingerprint density at radius 3 is 2.67 bits per heavy atom. The zero-order valence-corrected chi connectivity index (χ0v) is 10.4. The number of halogens is 1. The summed E-state index contributed by atoms with van der Waals surface area (Å²) in [6.07, 6.45) is 3.19. The number of hydrogen-bond donors (Lipinski definition) is 2. The molecular formula is C14H18FNO2. The lowest BCUT2D eigenvalue weighted by Crippen LogP contribution is -2.44. The van der Waals surface area contributed by atoms with Gasteiger partial charge in [0.15, 0.2) is 0 Å². The molecule has 1 aromatic rings. The van der Waals surface area contributed by atoms with E-state index in [-0.39, 0.29) is 5.82 Å². The number of aliphatic carboxylic acids is 1. The molecule has 4 heteroatoms. The third-order valence-corrected chi connectivity index (χ3v) is 3.83. The molecule has 1 aliphatic carbocycles. The first-order chi connectivity index (χ1) is 8.55. The van der Waals surface area contributed by atoms with Crippen molar-refractivity contribution >= 4 is 11.7 Å². The second kappa shape index (κ2) is 4.96. The van der Waals surface area contributed by atoms with Crippen molar-refractivity contribution in [2.24, 2.45) is 5.92 Å². The molecule has 0 radical (unpaired) electrons. The first-order valence-corrected chi connectivity index (χ1v) is 6.33. The van der Waals surface area contributed by atoms with Crippen LogP contribution in [0.4, 0.5) is 10.1 Å². The van der Waals surface area contributed by atoms with Gasteiger partial charge in [0.2, 0.25) is 0 Å². The molecule has 2 rings (SSSR count). The second-order valence-electron chi connectivity index (χ2n) is 5.04. The predicted molar refractivity (Wildman–Crippen MR) is 68.0 cm³/mol. The van der Waals surface area contributed by atoms with E-state index in [4.69, 9.17) is 0 Å². The molecule has 18 heavy (non-hydrogen) atoms. The number of anilines is 1. The summed E-state index contributed by atoms with van der Waals surface area (Å²) < 4.78 is 12.8. The minimum absolute atomic E-state index is 0.317. The maximum Gasteiger partial charge on any atom is 0.329 e. The van der Waals surface area contributed by atoms with E-state index < -0.39 is 11.5 Å². The van der Waals surface area contributed by atoms with Crippen molar-refractivity contribution in [2.75, 3.05) is 5.32 Å². The van der Waals surface area contributed by atoms with E-state index in [0.717, 1.165) is 12.8 Å². The van der Waals surface area contributed by atoms with Gasteiger partial charge in [-0.2, -0.15) is 0 Å². The lowest BCUT2D eigenvalue weighted by atomic mass is 9.94. The summed E-state index contributed by atoms with van der Waals surface area (Å²) in [6.45, 7) is 2.08. The van der Waals surface area contributed by atoms with Crippen molar-refractivity contribution in [1.82, 2.24) is 0 Å². The van der Waals surface area contributed by atoms with Gasteiger partial charge in [0.25, 0.3) is 0 Å². The summed E-state index contributed by atoms with van der Waals surface area (Å²) in [5, 5.41) is 12.5. The molecule has 1 fully saturated rings. The molecule has 2 N–H and O–H groups in total. The van der Waals surface area contributed by atoms with Crippen molar-refractivity contribution in [3.05, 3.63) is 30.1 Å². The van der Waals surface area contributed by atoms with Crippen LogP contribution in [0.1, 0.15) is 32.6 Å². The first kappa shape index (κ1) is 12.9. The molecule has 1 aliphatic rings. The van der Waals surface area contributed by atoms with Crippen LogP contribution >= 0.6 is 0 Å². The third-order valence-electron chi connectivity index (χ3n) is 3.83. The van der Waals surface area contributed by atoms with Crippen LogP contribution in [0.15, 0.2) is 24.3 Å². The minimum atomic E-state index is -0.890. The zero-order valence-electron chi connectivity index (χ0n) is 10.4. The molecule has 3 nitrogen and oxygen atoms in total. The Labute approximate surface area is 106 Å². The van der Waals surface area contributed by atoms with E-state index >= 15 is 0 Å². The van der Waals surface area contributed by atoms with Crippen LogP contribution in [-0.4, -0.2) is 16.6 Å². The highest BCUT2D eigenvalue weighted by atomic mass is 19.1. The Kier molecular flexibility index (Phi) is 3.55. The Bertz CT molecular complexity index is 432. The summed E-state index contributed by atoms with van der Waals surface area (Å²) in [6, 6.07) is 5.84. The smallest absolute Gasteiger partial charge is 0.329 e. The topological polar surface area (TPSA) is 49.3 Å². The number of carboxylic acids is 1. The largest absolute Gasteiger partial charge is 0.480 e. The summed E-state index contributed by atoms with van der Waals surface area (Å²) in [7, 11) is 0. The summed E-state index contributed by atoms with van der Waals surface area (Å²) in [5.41, 5.74) is -0.228. The van der Waals surface area contributed by atoms with Crippen molar-refractivity contribution in [3.8, 4) is 0 Å². The molecule has 0 aromatic heterocycles. The Balaban J connectivity index is 2.17. The molecule has 1 saturated carbocycles. The maximum absolute atomic E-state index is 12.8. The number of benzene rings is 1. The molecule has 1 aromatic carbocycles. The lowest BCUT2D eigenvalue weighted by molar-refractivity contribution is -0.142. The van der Waals surface area contributed by atoms with Crippen molar-refractivity contribution in [2.45, 2.75) is 38.1 Å². The van der Waals surface area contributed by atoms with Gasteiger partial charge in [-0.05, 0) is 49.4 Å². The SMILES string of the molecule is CCC1CCC(Nc2ccc(F)cc2)(C(=O)O)C1. The monoisotopic (exact) mass is 251 g/mol. The van der Waals surface area contributed by atoms with Crippen LogP contribution in [0, 0.1) is 11.7 Å². The van der Waals surface area contributed by atoms with Crippen molar-refractivity contribution < 1.29 is 14.3 Å². The summed E-state index contributed by atoms with van der Waals surface area (Å²) in [4.78, 5) is 11.5. The van der Waals surface area contributed by atoms with Gasteiger partial charge in [-0.15, -0.1) is 0 Å². The number of carbonyl (C=O) groups is 1. The normalized spacial score (nSPS) is 27.1.